The average molecular weight is 379 g/mol. The van der Waals surface area contributed by atoms with E-state index >= 15 is 0 Å². The van der Waals surface area contributed by atoms with Crippen molar-refractivity contribution in [3.05, 3.63) is 52.4 Å². The first-order valence-corrected chi connectivity index (χ1v) is 8.93. The zero-order valence-corrected chi connectivity index (χ0v) is 14.7. The molecule has 0 radical (unpaired) electrons. The van der Waals surface area contributed by atoms with Crippen molar-refractivity contribution in [2.45, 2.75) is 18.8 Å². The van der Waals surface area contributed by atoms with Crippen LogP contribution in [-0.2, 0) is 0 Å². The molecule has 2 aromatic rings. The highest BCUT2D eigenvalue weighted by molar-refractivity contribution is 6.29. The van der Waals surface area contributed by atoms with E-state index in [1.54, 1.807) is 11.0 Å². The Morgan fingerprint density at radius 2 is 1.77 bits per heavy atom. The number of nitrogens with zero attached hydrogens (tertiary/aromatic N) is 4. The minimum atomic E-state index is -1.02. The number of hydrogen-bond donors (Lipinski definition) is 0. The predicted octanol–water partition coefficient (Wildman–Crippen LogP) is 3.25. The van der Waals surface area contributed by atoms with Gasteiger partial charge < -0.3 is 9.80 Å². The molecule has 8 heteroatoms. The summed E-state index contributed by atoms with van der Waals surface area (Å²) in [4.78, 5) is 25.1. The molecule has 1 saturated heterocycles. The number of carbonyl (C=O) groups excluding carboxylic acids is 1. The number of benzene rings is 1. The van der Waals surface area contributed by atoms with Gasteiger partial charge in [0.2, 0.25) is 0 Å². The number of rotatable bonds is 3. The predicted molar refractivity (Wildman–Crippen MR) is 93.5 cm³/mol. The molecular formula is C18H17ClF2N4O. The number of hydrogen-bond acceptors (Lipinski definition) is 4. The molecule has 1 aliphatic heterocycles. The first kappa shape index (κ1) is 17.1. The first-order chi connectivity index (χ1) is 12.5. The van der Waals surface area contributed by atoms with Crippen molar-refractivity contribution in [1.29, 1.82) is 0 Å². The minimum Gasteiger partial charge on any atom is -0.353 e. The molecule has 136 valence electrons. The van der Waals surface area contributed by atoms with E-state index < -0.39 is 11.6 Å². The summed E-state index contributed by atoms with van der Waals surface area (Å²) in [7, 11) is 0. The molecule has 4 rings (SSSR count). The molecule has 0 atom stereocenters. The van der Waals surface area contributed by atoms with Gasteiger partial charge in [-0.25, -0.2) is 18.7 Å². The Hall–Kier alpha value is -2.28. The molecule has 2 heterocycles. The normalized spacial score (nSPS) is 17.5. The largest absolute Gasteiger partial charge is 0.353 e. The van der Waals surface area contributed by atoms with E-state index in [1.807, 2.05) is 0 Å². The molecule has 2 aliphatic rings. The van der Waals surface area contributed by atoms with Crippen molar-refractivity contribution in [2.24, 2.45) is 0 Å². The Labute approximate surface area is 154 Å². The van der Waals surface area contributed by atoms with Crippen LogP contribution in [0.3, 0.4) is 0 Å². The van der Waals surface area contributed by atoms with Crippen LogP contribution >= 0.6 is 11.6 Å². The molecule has 1 aliphatic carbocycles. The standard InChI is InChI=1S/C18H17ClF2N4O/c19-15-10-16(23-17(22-15)11-1-2-11)24-5-7-25(8-6-24)18(26)12-3-4-13(20)14(21)9-12/h3-4,9-11H,1-2,5-8H2. The Balaban J connectivity index is 1.44. The molecule has 26 heavy (non-hydrogen) atoms. The zero-order chi connectivity index (χ0) is 18.3. The second-order valence-corrected chi connectivity index (χ2v) is 6.98. The summed E-state index contributed by atoms with van der Waals surface area (Å²) in [5.74, 6) is -0.317. The maximum Gasteiger partial charge on any atom is 0.254 e. The molecule has 0 N–H and O–H groups in total. The highest BCUT2D eigenvalue weighted by atomic mass is 35.5. The van der Waals surface area contributed by atoms with E-state index in [4.69, 9.17) is 11.6 Å². The molecule has 0 bridgehead atoms. The topological polar surface area (TPSA) is 49.3 Å². The van der Waals surface area contributed by atoms with Crippen LogP contribution in [0.25, 0.3) is 0 Å². The molecule has 0 spiro atoms. The summed E-state index contributed by atoms with van der Waals surface area (Å²) in [6.07, 6.45) is 2.19. The van der Waals surface area contributed by atoms with Gasteiger partial charge in [0.25, 0.3) is 5.91 Å². The van der Waals surface area contributed by atoms with Crippen LogP contribution < -0.4 is 4.90 Å². The van der Waals surface area contributed by atoms with Crippen LogP contribution in [0.15, 0.2) is 24.3 Å². The van der Waals surface area contributed by atoms with Gasteiger partial charge in [0.15, 0.2) is 11.6 Å². The highest BCUT2D eigenvalue weighted by Crippen LogP contribution is 2.39. The van der Waals surface area contributed by atoms with Gasteiger partial charge in [-0.2, -0.15) is 0 Å². The summed E-state index contributed by atoms with van der Waals surface area (Å²) in [5, 5.41) is 0.428. The Bertz CT molecular complexity index is 851. The second-order valence-electron chi connectivity index (χ2n) is 6.59. The lowest BCUT2D eigenvalue weighted by Gasteiger charge is -2.35. The smallest absolute Gasteiger partial charge is 0.254 e. The summed E-state index contributed by atoms with van der Waals surface area (Å²) >= 11 is 6.12. The third-order valence-corrected chi connectivity index (χ3v) is 4.89. The fourth-order valence-corrected chi connectivity index (χ4v) is 3.24. The van der Waals surface area contributed by atoms with E-state index in [2.05, 4.69) is 14.9 Å². The second kappa shape index (κ2) is 6.79. The number of carbonyl (C=O) groups is 1. The average Bonchev–Trinajstić information content (AvgIpc) is 3.48. The van der Waals surface area contributed by atoms with Crippen molar-refractivity contribution in [3.63, 3.8) is 0 Å². The third-order valence-electron chi connectivity index (χ3n) is 4.70. The summed E-state index contributed by atoms with van der Waals surface area (Å²) in [6, 6.07) is 4.96. The Morgan fingerprint density at radius 1 is 1.04 bits per heavy atom. The summed E-state index contributed by atoms with van der Waals surface area (Å²) in [5.41, 5.74) is 0.151. The van der Waals surface area contributed by atoms with Gasteiger partial charge in [0.1, 0.15) is 16.8 Å². The minimum absolute atomic E-state index is 0.151. The van der Waals surface area contributed by atoms with E-state index in [0.717, 1.165) is 36.6 Å². The molecule has 1 saturated carbocycles. The molecule has 2 fully saturated rings. The van der Waals surface area contributed by atoms with Crippen molar-refractivity contribution >= 4 is 23.3 Å². The lowest BCUT2D eigenvalue weighted by Crippen LogP contribution is -2.49. The molecule has 1 amide bonds. The van der Waals surface area contributed by atoms with Crippen molar-refractivity contribution in [3.8, 4) is 0 Å². The van der Waals surface area contributed by atoms with Crippen LogP contribution in [0, 0.1) is 11.6 Å². The van der Waals surface area contributed by atoms with Gasteiger partial charge in [-0.05, 0) is 31.0 Å². The molecular weight excluding hydrogens is 362 g/mol. The number of amides is 1. The zero-order valence-electron chi connectivity index (χ0n) is 14.0. The van der Waals surface area contributed by atoms with Crippen molar-refractivity contribution in [1.82, 2.24) is 14.9 Å². The monoisotopic (exact) mass is 378 g/mol. The van der Waals surface area contributed by atoms with Gasteiger partial charge in [0, 0.05) is 43.7 Å². The quantitative estimate of drug-likeness (QED) is 0.769. The van der Waals surface area contributed by atoms with Crippen LogP contribution in [0.2, 0.25) is 5.15 Å². The maximum absolute atomic E-state index is 13.4. The number of anilines is 1. The lowest BCUT2D eigenvalue weighted by atomic mass is 10.1. The summed E-state index contributed by atoms with van der Waals surface area (Å²) in [6.45, 7) is 2.12. The van der Waals surface area contributed by atoms with Gasteiger partial charge in [-0.1, -0.05) is 11.6 Å². The Morgan fingerprint density at radius 3 is 2.42 bits per heavy atom. The van der Waals surface area contributed by atoms with Crippen LogP contribution in [0.4, 0.5) is 14.6 Å². The fraction of sp³-hybridized carbons (Fsp3) is 0.389. The van der Waals surface area contributed by atoms with Crippen molar-refractivity contribution in [2.75, 3.05) is 31.1 Å². The van der Waals surface area contributed by atoms with Gasteiger partial charge in [-0.3, -0.25) is 4.79 Å². The van der Waals surface area contributed by atoms with E-state index in [-0.39, 0.29) is 11.5 Å². The van der Waals surface area contributed by atoms with E-state index in [0.29, 0.717) is 37.3 Å². The van der Waals surface area contributed by atoms with Crippen LogP contribution in [0.1, 0.15) is 34.9 Å². The fourth-order valence-electron chi connectivity index (χ4n) is 3.06. The molecule has 0 unspecified atom stereocenters. The van der Waals surface area contributed by atoms with E-state index in [1.165, 1.54) is 6.07 Å². The van der Waals surface area contributed by atoms with Crippen LogP contribution in [-0.4, -0.2) is 47.0 Å². The van der Waals surface area contributed by atoms with Gasteiger partial charge >= 0.3 is 0 Å². The molecule has 5 nitrogen and oxygen atoms in total. The molecule has 1 aromatic carbocycles. The van der Waals surface area contributed by atoms with Gasteiger partial charge in [-0.15, -0.1) is 0 Å². The molecule has 1 aromatic heterocycles. The van der Waals surface area contributed by atoms with Crippen LogP contribution in [0.5, 0.6) is 0 Å². The van der Waals surface area contributed by atoms with Gasteiger partial charge in [0.05, 0.1) is 0 Å². The number of piperazine rings is 1. The maximum atomic E-state index is 13.4. The SMILES string of the molecule is O=C(c1ccc(F)c(F)c1)N1CCN(c2cc(Cl)nc(C3CC3)n2)CC1. The lowest BCUT2D eigenvalue weighted by molar-refractivity contribution is 0.0746. The Kier molecular flexibility index (Phi) is 4.48. The third kappa shape index (κ3) is 3.49. The number of halogens is 3. The van der Waals surface area contributed by atoms with Crippen molar-refractivity contribution < 1.29 is 13.6 Å². The number of aromatic nitrogens is 2. The summed E-state index contributed by atoms with van der Waals surface area (Å²) < 4.78 is 26.4. The first-order valence-electron chi connectivity index (χ1n) is 8.55. The van der Waals surface area contributed by atoms with E-state index in [9.17, 15) is 13.6 Å². The highest BCUT2D eigenvalue weighted by Gasteiger charge is 2.29.